The Labute approximate surface area is 184 Å². The highest BCUT2D eigenvalue weighted by Gasteiger charge is 2.17. The fraction of sp³-hybridized carbons (Fsp3) is 0.261. The van der Waals surface area contributed by atoms with Crippen LogP contribution in [0.15, 0.2) is 48.8 Å². The lowest BCUT2D eigenvalue weighted by Crippen LogP contribution is -2.15. The molecule has 31 heavy (non-hydrogen) atoms. The van der Waals surface area contributed by atoms with Gasteiger partial charge >= 0.3 is 0 Å². The molecule has 1 aliphatic heterocycles. The molecule has 7 nitrogen and oxygen atoms in total. The molecule has 0 bridgehead atoms. The maximum atomic E-state index is 5.93. The second-order valence-corrected chi connectivity index (χ2v) is 8.52. The third-order valence-corrected chi connectivity index (χ3v) is 6.09. The molecule has 1 atom stereocenters. The van der Waals surface area contributed by atoms with Crippen molar-refractivity contribution < 1.29 is 9.47 Å². The van der Waals surface area contributed by atoms with Gasteiger partial charge in [0.05, 0.1) is 13.2 Å². The zero-order valence-electron chi connectivity index (χ0n) is 17.4. The summed E-state index contributed by atoms with van der Waals surface area (Å²) < 4.78 is 11.3. The Bertz CT molecular complexity index is 1180. The SMILES string of the molecule is Cc1cccc(C)c1Nc1nc2c(Nc3ccc(OC4CCOC4)cc3)ncnc2s1. The zero-order chi connectivity index (χ0) is 21.2. The minimum atomic E-state index is 0.137. The topological polar surface area (TPSA) is 81.2 Å². The smallest absolute Gasteiger partial charge is 0.189 e. The van der Waals surface area contributed by atoms with Gasteiger partial charge in [0.15, 0.2) is 15.8 Å². The summed E-state index contributed by atoms with van der Waals surface area (Å²) >= 11 is 1.51. The Morgan fingerprint density at radius 3 is 2.58 bits per heavy atom. The average molecular weight is 434 g/mol. The number of ether oxygens (including phenoxy) is 2. The summed E-state index contributed by atoms with van der Waals surface area (Å²) in [6, 6.07) is 14.1. The maximum absolute atomic E-state index is 5.93. The normalized spacial score (nSPS) is 15.9. The van der Waals surface area contributed by atoms with E-state index < -0.39 is 0 Å². The minimum absolute atomic E-state index is 0.137. The van der Waals surface area contributed by atoms with E-state index in [-0.39, 0.29) is 6.10 Å². The Kier molecular flexibility index (Phi) is 5.40. The zero-order valence-corrected chi connectivity index (χ0v) is 18.2. The molecule has 2 aromatic heterocycles. The predicted octanol–water partition coefficient (Wildman–Crippen LogP) is 5.36. The Morgan fingerprint density at radius 1 is 1.03 bits per heavy atom. The first kappa shape index (κ1) is 19.7. The van der Waals surface area contributed by atoms with Gasteiger partial charge in [-0.25, -0.2) is 15.0 Å². The van der Waals surface area contributed by atoms with Crippen LogP contribution in [0, 0.1) is 13.8 Å². The molecule has 1 saturated heterocycles. The molecule has 2 N–H and O–H groups in total. The lowest BCUT2D eigenvalue weighted by Gasteiger charge is -2.12. The summed E-state index contributed by atoms with van der Waals surface area (Å²) in [6.45, 7) is 5.59. The second kappa shape index (κ2) is 8.49. The summed E-state index contributed by atoms with van der Waals surface area (Å²) in [7, 11) is 0. The first-order valence-corrected chi connectivity index (χ1v) is 11.0. The maximum Gasteiger partial charge on any atom is 0.189 e. The van der Waals surface area contributed by atoms with Gasteiger partial charge in [-0.05, 0) is 49.2 Å². The summed E-state index contributed by atoms with van der Waals surface area (Å²) in [5.74, 6) is 1.51. The molecule has 0 amide bonds. The van der Waals surface area contributed by atoms with E-state index in [1.165, 1.54) is 22.5 Å². The molecule has 4 aromatic rings. The van der Waals surface area contributed by atoms with E-state index in [0.717, 1.165) is 45.6 Å². The van der Waals surface area contributed by atoms with Crippen LogP contribution in [0.25, 0.3) is 10.3 Å². The lowest BCUT2D eigenvalue weighted by atomic mass is 10.1. The van der Waals surface area contributed by atoms with Gasteiger partial charge in [-0.3, -0.25) is 0 Å². The van der Waals surface area contributed by atoms with Crippen molar-refractivity contribution in [1.29, 1.82) is 0 Å². The van der Waals surface area contributed by atoms with Crippen molar-refractivity contribution in [2.75, 3.05) is 23.8 Å². The number of benzene rings is 2. The van der Waals surface area contributed by atoms with Crippen LogP contribution in [0.5, 0.6) is 5.75 Å². The van der Waals surface area contributed by atoms with Crippen LogP contribution in [0.3, 0.4) is 0 Å². The average Bonchev–Trinajstić information content (AvgIpc) is 3.42. The van der Waals surface area contributed by atoms with Gasteiger partial charge in [-0.15, -0.1) is 0 Å². The van der Waals surface area contributed by atoms with E-state index in [2.05, 4.69) is 52.6 Å². The van der Waals surface area contributed by atoms with Crippen molar-refractivity contribution >= 4 is 44.0 Å². The minimum Gasteiger partial charge on any atom is -0.488 e. The van der Waals surface area contributed by atoms with Crippen molar-refractivity contribution in [3.8, 4) is 5.75 Å². The van der Waals surface area contributed by atoms with Crippen molar-refractivity contribution in [2.24, 2.45) is 0 Å². The van der Waals surface area contributed by atoms with Crippen molar-refractivity contribution in [1.82, 2.24) is 15.0 Å². The van der Waals surface area contributed by atoms with Gasteiger partial charge in [-0.1, -0.05) is 29.5 Å². The van der Waals surface area contributed by atoms with E-state index in [9.17, 15) is 0 Å². The molecular weight excluding hydrogens is 410 g/mol. The molecule has 8 heteroatoms. The molecule has 158 valence electrons. The van der Waals surface area contributed by atoms with Crippen molar-refractivity contribution in [3.63, 3.8) is 0 Å². The molecule has 0 saturated carbocycles. The summed E-state index contributed by atoms with van der Waals surface area (Å²) in [6.07, 6.45) is 2.63. The van der Waals surface area contributed by atoms with Crippen LogP contribution in [0.2, 0.25) is 0 Å². The van der Waals surface area contributed by atoms with E-state index in [1.807, 2.05) is 24.3 Å². The number of hydrogen-bond acceptors (Lipinski definition) is 8. The first-order valence-electron chi connectivity index (χ1n) is 10.2. The number of rotatable bonds is 6. The molecule has 2 aromatic carbocycles. The van der Waals surface area contributed by atoms with Crippen LogP contribution >= 0.6 is 11.3 Å². The Balaban J connectivity index is 1.35. The largest absolute Gasteiger partial charge is 0.488 e. The fourth-order valence-electron chi connectivity index (χ4n) is 3.57. The fourth-order valence-corrected chi connectivity index (χ4v) is 4.38. The van der Waals surface area contributed by atoms with Crippen LogP contribution in [0.1, 0.15) is 17.5 Å². The van der Waals surface area contributed by atoms with Crippen LogP contribution in [-0.2, 0) is 4.74 Å². The van der Waals surface area contributed by atoms with Gasteiger partial charge in [0.1, 0.15) is 23.7 Å². The number of anilines is 4. The van der Waals surface area contributed by atoms with E-state index in [0.29, 0.717) is 12.4 Å². The van der Waals surface area contributed by atoms with Crippen LogP contribution in [0.4, 0.5) is 22.3 Å². The Morgan fingerprint density at radius 2 is 1.84 bits per heavy atom. The highest BCUT2D eigenvalue weighted by Crippen LogP contribution is 2.33. The number of hydrogen-bond donors (Lipinski definition) is 2. The molecular formula is C23H23N5O2S. The van der Waals surface area contributed by atoms with Gasteiger partial charge in [0.25, 0.3) is 0 Å². The summed E-state index contributed by atoms with van der Waals surface area (Å²) in [5, 5.41) is 7.59. The van der Waals surface area contributed by atoms with Crippen LogP contribution in [-0.4, -0.2) is 34.3 Å². The molecule has 1 unspecified atom stereocenters. The molecule has 3 heterocycles. The third kappa shape index (κ3) is 4.30. The second-order valence-electron chi connectivity index (χ2n) is 7.54. The number of nitrogens with zero attached hydrogens (tertiary/aromatic N) is 3. The Hall–Kier alpha value is -3.23. The number of aryl methyl sites for hydroxylation is 2. The first-order chi connectivity index (χ1) is 15.2. The molecule has 0 spiro atoms. The number of aromatic nitrogens is 3. The van der Waals surface area contributed by atoms with Crippen LogP contribution < -0.4 is 15.4 Å². The predicted molar refractivity (Wildman–Crippen MR) is 124 cm³/mol. The van der Waals surface area contributed by atoms with Gasteiger partial charge in [-0.2, -0.15) is 0 Å². The quantitative estimate of drug-likeness (QED) is 0.424. The highest BCUT2D eigenvalue weighted by molar-refractivity contribution is 7.21. The van der Waals surface area contributed by atoms with E-state index in [1.54, 1.807) is 6.33 Å². The molecule has 1 fully saturated rings. The number of fused-ring (bicyclic) bond motifs is 1. The number of para-hydroxylation sites is 1. The van der Waals surface area contributed by atoms with Crippen molar-refractivity contribution in [3.05, 3.63) is 59.9 Å². The highest BCUT2D eigenvalue weighted by atomic mass is 32.1. The number of nitrogens with one attached hydrogen (secondary N) is 2. The third-order valence-electron chi connectivity index (χ3n) is 5.22. The number of thiazole rings is 1. The summed E-state index contributed by atoms with van der Waals surface area (Å²) in [5.41, 5.74) is 5.08. The summed E-state index contributed by atoms with van der Waals surface area (Å²) in [4.78, 5) is 14.4. The van der Waals surface area contributed by atoms with E-state index in [4.69, 9.17) is 14.5 Å². The molecule has 0 aliphatic carbocycles. The lowest BCUT2D eigenvalue weighted by molar-refractivity contribution is 0.141. The molecule has 5 rings (SSSR count). The van der Waals surface area contributed by atoms with Crippen molar-refractivity contribution in [2.45, 2.75) is 26.4 Å². The van der Waals surface area contributed by atoms with Gasteiger partial charge in [0.2, 0.25) is 0 Å². The van der Waals surface area contributed by atoms with E-state index >= 15 is 0 Å². The molecule has 0 radical (unpaired) electrons. The standard InChI is InChI=1S/C23H23N5O2S/c1-14-4-3-5-15(2)19(14)27-23-28-20-21(24-13-25-22(20)31-23)26-16-6-8-17(9-7-16)30-18-10-11-29-12-18/h3-9,13,18H,10-12H2,1-2H3,(H,27,28)(H,24,25,26). The molecule has 1 aliphatic rings. The monoisotopic (exact) mass is 433 g/mol. The van der Waals surface area contributed by atoms with Gasteiger partial charge in [0, 0.05) is 17.8 Å². The van der Waals surface area contributed by atoms with Gasteiger partial charge < -0.3 is 20.1 Å².